The summed E-state index contributed by atoms with van der Waals surface area (Å²) in [4.78, 5) is 9.90. The van der Waals surface area contributed by atoms with E-state index in [0.29, 0.717) is 61.8 Å². The third-order valence-corrected chi connectivity index (χ3v) is 13.6. The molecule has 4 heterocycles. The van der Waals surface area contributed by atoms with Crippen LogP contribution < -0.4 is 0 Å². The molecule has 0 fully saturated rings. The van der Waals surface area contributed by atoms with Gasteiger partial charge in [-0.2, -0.15) is 21.0 Å². The molecule has 0 bridgehead atoms. The molecular weight excluding hydrogens is 871 g/mol. The van der Waals surface area contributed by atoms with Gasteiger partial charge in [-0.1, -0.05) is 97.1 Å². The molecule has 71 heavy (non-hydrogen) atoms. The highest BCUT2D eigenvalue weighted by molar-refractivity contribution is 6.14. The molecule has 0 aliphatic rings. The minimum atomic E-state index is 0.296. The Bertz CT molecular complexity index is 4240. The van der Waals surface area contributed by atoms with Gasteiger partial charge in [-0.3, -0.25) is 0 Å². The highest BCUT2D eigenvalue weighted by atomic mass is 15.0. The first-order valence-electron chi connectivity index (χ1n) is 23.0. The molecule has 9 nitrogen and oxygen atoms in total. The van der Waals surface area contributed by atoms with E-state index in [-0.39, 0.29) is 0 Å². The number of benzene rings is 9. The van der Waals surface area contributed by atoms with Crippen molar-refractivity contribution in [2.24, 2.45) is 0 Å². The Morgan fingerprint density at radius 3 is 1.27 bits per heavy atom. The largest absolute Gasteiger partial charge is 0.309 e. The maximum atomic E-state index is 11.2. The van der Waals surface area contributed by atoms with E-state index in [1.54, 1.807) is 54.6 Å². The van der Waals surface area contributed by atoms with Crippen LogP contribution in [-0.2, 0) is 0 Å². The molecule has 0 unspecified atom stereocenters. The smallest absolute Gasteiger partial charge is 0.160 e. The molecule has 0 spiro atoms. The topological polar surface area (TPSA) is 136 Å². The highest BCUT2D eigenvalue weighted by Gasteiger charge is 2.23. The van der Waals surface area contributed by atoms with Crippen molar-refractivity contribution in [2.45, 2.75) is 0 Å². The fourth-order valence-electron chi connectivity index (χ4n) is 10.4. The van der Waals surface area contributed by atoms with Crippen LogP contribution in [0.15, 0.2) is 200 Å². The van der Waals surface area contributed by atoms with Crippen LogP contribution in [0.5, 0.6) is 0 Å². The molecule has 0 N–H and O–H groups in total. The molecule has 9 heteroatoms. The molecule has 0 aliphatic carbocycles. The van der Waals surface area contributed by atoms with Crippen LogP contribution >= 0.6 is 0 Å². The van der Waals surface area contributed by atoms with E-state index in [9.17, 15) is 21.0 Å². The van der Waals surface area contributed by atoms with Gasteiger partial charge in [-0.05, 0) is 103 Å². The van der Waals surface area contributed by atoms with Crippen LogP contribution in [0.2, 0.25) is 0 Å². The molecule has 0 aliphatic heterocycles. The van der Waals surface area contributed by atoms with Crippen molar-refractivity contribution in [3.8, 4) is 75.2 Å². The summed E-state index contributed by atoms with van der Waals surface area (Å²) in [6, 6.07) is 75.6. The lowest BCUT2D eigenvalue weighted by atomic mass is 9.98. The summed E-state index contributed by atoms with van der Waals surface area (Å²) in [5.41, 5.74) is 12.8. The molecule has 0 atom stereocenters. The number of hydrogen-bond acceptors (Lipinski definition) is 6. The van der Waals surface area contributed by atoms with E-state index >= 15 is 0 Å². The molecule has 13 rings (SSSR count). The standard InChI is InChI=1S/C62H33N9/c63-34-38-11-9-13-40(27-38)53-33-54(68-62(67-53)41-14-10-12-39(28-41)35-64)50-29-43(37-66)61(30-42(50)36-65)71-59-25-23-44(69-55-19-5-1-15-46(55)47-16-2-6-20-56(47)69)31-51(59)52-32-45(24-26-60(52)71)70-57-21-7-3-17-48(57)49-18-4-8-22-58(49)70/h1-33H. The molecule has 0 saturated heterocycles. The average Bonchev–Trinajstić information content (AvgIpc) is 4.07. The lowest BCUT2D eigenvalue weighted by molar-refractivity contribution is 1.14. The molecular formula is C62H33N9. The van der Waals surface area contributed by atoms with Crippen molar-refractivity contribution in [3.63, 3.8) is 0 Å². The number of para-hydroxylation sites is 4. The van der Waals surface area contributed by atoms with Crippen molar-refractivity contribution in [1.29, 1.82) is 21.0 Å². The van der Waals surface area contributed by atoms with Crippen molar-refractivity contribution in [1.82, 2.24) is 23.7 Å². The van der Waals surface area contributed by atoms with Crippen LogP contribution in [0.3, 0.4) is 0 Å². The Hall–Kier alpha value is -10.6. The van der Waals surface area contributed by atoms with Gasteiger partial charge in [0.1, 0.15) is 6.07 Å². The molecule has 13 aromatic rings. The number of rotatable bonds is 6. The third-order valence-electron chi connectivity index (χ3n) is 13.6. The molecule has 0 amide bonds. The molecule has 0 radical (unpaired) electrons. The van der Waals surface area contributed by atoms with Crippen LogP contribution in [0.1, 0.15) is 22.3 Å². The van der Waals surface area contributed by atoms with E-state index in [4.69, 9.17) is 9.97 Å². The summed E-state index contributed by atoms with van der Waals surface area (Å²) < 4.78 is 6.71. The Labute approximate surface area is 406 Å². The number of nitriles is 4. The monoisotopic (exact) mass is 903 g/mol. The van der Waals surface area contributed by atoms with Crippen molar-refractivity contribution in [2.75, 3.05) is 0 Å². The van der Waals surface area contributed by atoms with E-state index in [0.717, 1.165) is 76.8 Å². The van der Waals surface area contributed by atoms with E-state index in [1.165, 1.54) is 0 Å². The predicted molar refractivity (Wildman–Crippen MR) is 280 cm³/mol. The van der Waals surface area contributed by atoms with Gasteiger partial charge in [0, 0.05) is 60.4 Å². The van der Waals surface area contributed by atoms with Crippen LogP contribution in [0.25, 0.3) is 116 Å². The Morgan fingerprint density at radius 2 is 0.775 bits per heavy atom. The second-order valence-electron chi connectivity index (χ2n) is 17.5. The predicted octanol–water partition coefficient (Wildman–Crippen LogP) is 14.3. The first-order valence-corrected chi connectivity index (χ1v) is 23.0. The summed E-state index contributed by atoms with van der Waals surface area (Å²) in [6.07, 6.45) is 0. The Morgan fingerprint density at radius 1 is 0.324 bits per heavy atom. The summed E-state index contributed by atoms with van der Waals surface area (Å²) in [5, 5.41) is 48.4. The van der Waals surface area contributed by atoms with Gasteiger partial charge < -0.3 is 13.7 Å². The molecule has 4 aromatic heterocycles. The molecule has 0 saturated carbocycles. The zero-order valence-electron chi connectivity index (χ0n) is 37.6. The maximum absolute atomic E-state index is 11.2. The summed E-state index contributed by atoms with van der Waals surface area (Å²) in [7, 11) is 0. The van der Waals surface area contributed by atoms with Crippen molar-refractivity contribution < 1.29 is 0 Å². The second-order valence-corrected chi connectivity index (χ2v) is 17.5. The molecule has 9 aromatic carbocycles. The Balaban J connectivity index is 1.07. The van der Waals surface area contributed by atoms with E-state index in [2.05, 4.69) is 171 Å². The summed E-state index contributed by atoms with van der Waals surface area (Å²) >= 11 is 0. The first-order chi connectivity index (χ1) is 35.0. The summed E-state index contributed by atoms with van der Waals surface area (Å²) in [6.45, 7) is 0. The van der Waals surface area contributed by atoms with Gasteiger partial charge >= 0.3 is 0 Å². The number of fused-ring (bicyclic) bond motifs is 9. The minimum absolute atomic E-state index is 0.296. The van der Waals surface area contributed by atoms with Gasteiger partial charge in [0.25, 0.3) is 0 Å². The van der Waals surface area contributed by atoms with Crippen LogP contribution in [0.4, 0.5) is 0 Å². The zero-order chi connectivity index (χ0) is 47.7. The SMILES string of the molecule is N#Cc1cccc(-c2cc(-c3cc(C#N)c(-n4c5ccc(-n6c7ccccc7c7ccccc76)cc5c5cc(-n6c7ccccc7c7ccccc76)ccc54)cc3C#N)nc(-c3cccc(C#N)c3)n2)c1. The van der Waals surface area contributed by atoms with Gasteiger partial charge in [-0.25, -0.2) is 9.97 Å². The van der Waals surface area contributed by atoms with E-state index in [1.807, 2.05) is 12.1 Å². The van der Waals surface area contributed by atoms with Gasteiger partial charge in [0.15, 0.2) is 5.82 Å². The number of nitrogens with zero attached hydrogens (tertiary/aromatic N) is 9. The maximum Gasteiger partial charge on any atom is 0.160 e. The lowest BCUT2D eigenvalue weighted by Crippen LogP contribution is -2.02. The quantitative estimate of drug-likeness (QED) is 0.163. The van der Waals surface area contributed by atoms with Gasteiger partial charge in [-0.15, -0.1) is 0 Å². The summed E-state index contributed by atoms with van der Waals surface area (Å²) in [5.74, 6) is 0.323. The second kappa shape index (κ2) is 16.0. The van der Waals surface area contributed by atoms with E-state index < -0.39 is 0 Å². The first kappa shape index (κ1) is 40.7. The zero-order valence-corrected chi connectivity index (χ0v) is 37.6. The van der Waals surface area contributed by atoms with Gasteiger partial charge in [0.2, 0.25) is 0 Å². The fraction of sp³-hybridized carbons (Fsp3) is 0. The lowest BCUT2D eigenvalue weighted by Gasteiger charge is -2.15. The third kappa shape index (κ3) is 6.37. The Kier molecular flexibility index (Phi) is 9.19. The number of aromatic nitrogens is 5. The fourth-order valence-corrected chi connectivity index (χ4v) is 10.4. The number of hydrogen-bond donors (Lipinski definition) is 0. The van der Waals surface area contributed by atoms with Crippen molar-refractivity contribution in [3.05, 3.63) is 222 Å². The van der Waals surface area contributed by atoms with Crippen LogP contribution in [0, 0.1) is 45.3 Å². The highest BCUT2D eigenvalue weighted by Crippen LogP contribution is 2.41. The minimum Gasteiger partial charge on any atom is -0.309 e. The van der Waals surface area contributed by atoms with Crippen molar-refractivity contribution >= 4 is 65.4 Å². The van der Waals surface area contributed by atoms with Crippen LogP contribution in [-0.4, -0.2) is 23.7 Å². The normalized spacial score (nSPS) is 11.3. The van der Waals surface area contributed by atoms with Gasteiger partial charge in [0.05, 0.1) is 90.6 Å². The molecule has 326 valence electrons. The average molecular weight is 904 g/mol.